The van der Waals surface area contributed by atoms with Gasteiger partial charge < -0.3 is 9.64 Å². The van der Waals surface area contributed by atoms with E-state index in [1.807, 2.05) is 11.8 Å². The molecule has 1 aliphatic rings. The molecule has 1 fully saturated rings. The van der Waals surface area contributed by atoms with Gasteiger partial charge in [0.25, 0.3) is 0 Å². The van der Waals surface area contributed by atoms with Crippen molar-refractivity contribution in [3.8, 4) is 11.3 Å². The maximum atomic E-state index is 13.9. The minimum Gasteiger partial charge on any atom is -0.378 e. The Morgan fingerprint density at radius 1 is 1.10 bits per heavy atom. The zero-order chi connectivity index (χ0) is 14.8. The summed E-state index contributed by atoms with van der Waals surface area (Å²) < 4.78 is 32.5. The van der Waals surface area contributed by atoms with Crippen molar-refractivity contribution >= 4 is 5.95 Å². The minimum absolute atomic E-state index is 0.148. The summed E-state index contributed by atoms with van der Waals surface area (Å²) in [7, 11) is 0. The van der Waals surface area contributed by atoms with Gasteiger partial charge in [-0.2, -0.15) is 0 Å². The molecule has 1 saturated heterocycles. The Morgan fingerprint density at radius 2 is 1.86 bits per heavy atom. The fraction of sp³-hybridized carbons (Fsp3) is 0.333. The highest BCUT2D eigenvalue weighted by Crippen LogP contribution is 2.24. The number of nitrogens with zero attached hydrogens (tertiary/aromatic N) is 3. The van der Waals surface area contributed by atoms with Crippen molar-refractivity contribution in [2.24, 2.45) is 0 Å². The van der Waals surface area contributed by atoms with Crippen molar-refractivity contribution in [3.05, 3.63) is 41.6 Å². The van der Waals surface area contributed by atoms with E-state index < -0.39 is 11.6 Å². The van der Waals surface area contributed by atoms with Gasteiger partial charge in [0.2, 0.25) is 5.95 Å². The molecular weight excluding hydrogens is 276 g/mol. The van der Waals surface area contributed by atoms with Gasteiger partial charge in [0, 0.05) is 24.3 Å². The molecule has 2 aromatic rings. The second kappa shape index (κ2) is 5.73. The highest BCUT2D eigenvalue weighted by molar-refractivity contribution is 5.62. The average molecular weight is 291 g/mol. The van der Waals surface area contributed by atoms with Crippen LogP contribution >= 0.6 is 0 Å². The standard InChI is InChI=1S/C15H15F2N3O/c1-10-8-14(12-9-11(16)2-3-13(12)17)19-15(18-10)20-4-6-21-7-5-20/h2-3,8-9H,4-7H2,1H3. The van der Waals surface area contributed by atoms with E-state index in [-0.39, 0.29) is 5.56 Å². The van der Waals surface area contributed by atoms with Crippen LogP contribution in [0.15, 0.2) is 24.3 Å². The number of benzene rings is 1. The van der Waals surface area contributed by atoms with Crippen LogP contribution in [0.5, 0.6) is 0 Å². The Hall–Kier alpha value is -2.08. The van der Waals surface area contributed by atoms with Gasteiger partial charge in [0.15, 0.2) is 0 Å². The maximum Gasteiger partial charge on any atom is 0.226 e. The third kappa shape index (κ3) is 3.00. The molecule has 0 N–H and O–H groups in total. The van der Waals surface area contributed by atoms with E-state index in [1.165, 1.54) is 0 Å². The molecule has 0 radical (unpaired) electrons. The zero-order valence-corrected chi connectivity index (χ0v) is 11.6. The minimum atomic E-state index is -0.498. The Kier molecular flexibility index (Phi) is 3.79. The van der Waals surface area contributed by atoms with Gasteiger partial charge in [-0.1, -0.05) is 0 Å². The van der Waals surface area contributed by atoms with Crippen molar-refractivity contribution in [3.63, 3.8) is 0 Å². The maximum absolute atomic E-state index is 13.9. The number of aromatic nitrogens is 2. The molecule has 3 rings (SSSR count). The number of anilines is 1. The van der Waals surface area contributed by atoms with E-state index in [9.17, 15) is 8.78 Å². The van der Waals surface area contributed by atoms with Gasteiger partial charge in [-0.05, 0) is 31.2 Å². The summed E-state index contributed by atoms with van der Waals surface area (Å²) in [4.78, 5) is 10.7. The third-order valence-corrected chi connectivity index (χ3v) is 3.34. The van der Waals surface area contributed by atoms with E-state index in [4.69, 9.17) is 4.74 Å². The lowest BCUT2D eigenvalue weighted by Gasteiger charge is -2.27. The van der Waals surface area contributed by atoms with Gasteiger partial charge in [-0.25, -0.2) is 18.7 Å². The number of aryl methyl sites for hydroxylation is 1. The number of hydrogen-bond acceptors (Lipinski definition) is 4. The zero-order valence-electron chi connectivity index (χ0n) is 11.6. The quantitative estimate of drug-likeness (QED) is 0.852. The number of morpholine rings is 1. The number of rotatable bonds is 2. The molecule has 0 bridgehead atoms. The predicted molar refractivity (Wildman–Crippen MR) is 75.2 cm³/mol. The van der Waals surface area contributed by atoms with Gasteiger partial charge in [0.1, 0.15) is 11.6 Å². The molecule has 1 aromatic carbocycles. The Balaban J connectivity index is 2.02. The molecular formula is C15H15F2N3O. The summed E-state index contributed by atoms with van der Waals surface area (Å²) in [5.74, 6) is -0.463. The number of hydrogen-bond donors (Lipinski definition) is 0. The van der Waals surface area contributed by atoms with E-state index >= 15 is 0 Å². The van der Waals surface area contributed by atoms with E-state index in [0.29, 0.717) is 43.6 Å². The molecule has 110 valence electrons. The van der Waals surface area contributed by atoms with Crippen LogP contribution in [0.25, 0.3) is 11.3 Å². The van der Waals surface area contributed by atoms with Gasteiger partial charge in [-0.15, -0.1) is 0 Å². The number of ether oxygens (including phenoxy) is 1. The molecule has 1 aromatic heterocycles. The van der Waals surface area contributed by atoms with Gasteiger partial charge in [-0.3, -0.25) is 0 Å². The second-order valence-electron chi connectivity index (χ2n) is 4.92. The fourth-order valence-electron chi connectivity index (χ4n) is 2.29. The third-order valence-electron chi connectivity index (χ3n) is 3.34. The Bertz CT molecular complexity index is 657. The summed E-state index contributed by atoms with van der Waals surface area (Å²) >= 11 is 0. The average Bonchev–Trinajstić information content (AvgIpc) is 2.50. The van der Waals surface area contributed by atoms with Crippen LogP contribution in [0, 0.1) is 18.6 Å². The molecule has 0 amide bonds. The normalized spacial score (nSPS) is 15.3. The summed E-state index contributed by atoms with van der Waals surface area (Å²) in [6.45, 7) is 4.41. The smallest absolute Gasteiger partial charge is 0.226 e. The van der Waals surface area contributed by atoms with Crippen LogP contribution in [-0.2, 0) is 4.74 Å². The van der Waals surface area contributed by atoms with Gasteiger partial charge in [0.05, 0.1) is 18.9 Å². The Labute approximate surface area is 121 Å². The summed E-state index contributed by atoms with van der Waals surface area (Å²) in [5, 5.41) is 0. The van der Waals surface area contributed by atoms with Crippen molar-refractivity contribution in [1.29, 1.82) is 0 Å². The van der Waals surface area contributed by atoms with E-state index in [2.05, 4.69) is 9.97 Å². The van der Waals surface area contributed by atoms with Crippen molar-refractivity contribution < 1.29 is 13.5 Å². The summed E-state index contributed by atoms with van der Waals surface area (Å²) in [6.07, 6.45) is 0. The summed E-state index contributed by atoms with van der Waals surface area (Å²) in [5.41, 5.74) is 1.25. The molecule has 1 aliphatic heterocycles. The first-order valence-electron chi connectivity index (χ1n) is 6.77. The molecule has 0 saturated carbocycles. The van der Waals surface area contributed by atoms with Crippen LogP contribution in [0.3, 0.4) is 0 Å². The van der Waals surface area contributed by atoms with Crippen LogP contribution in [0.2, 0.25) is 0 Å². The lowest BCUT2D eigenvalue weighted by atomic mass is 10.1. The van der Waals surface area contributed by atoms with Crippen molar-refractivity contribution in [2.45, 2.75) is 6.92 Å². The van der Waals surface area contributed by atoms with E-state index in [0.717, 1.165) is 18.2 Å². The Morgan fingerprint density at radius 3 is 2.62 bits per heavy atom. The topological polar surface area (TPSA) is 38.2 Å². The van der Waals surface area contributed by atoms with Crippen molar-refractivity contribution in [1.82, 2.24) is 9.97 Å². The second-order valence-corrected chi connectivity index (χ2v) is 4.92. The van der Waals surface area contributed by atoms with Crippen molar-refractivity contribution in [2.75, 3.05) is 31.2 Å². The molecule has 0 spiro atoms. The first-order valence-corrected chi connectivity index (χ1v) is 6.77. The predicted octanol–water partition coefficient (Wildman–Crippen LogP) is 2.57. The van der Waals surface area contributed by atoms with E-state index in [1.54, 1.807) is 6.07 Å². The molecule has 4 nitrogen and oxygen atoms in total. The lowest BCUT2D eigenvalue weighted by molar-refractivity contribution is 0.122. The molecule has 6 heteroatoms. The van der Waals surface area contributed by atoms with Crippen LogP contribution in [0.1, 0.15) is 5.69 Å². The van der Waals surface area contributed by atoms with Crippen LogP contribution in [0.4, 0.5) is 14.7 Å². The first-order chi connectivity index (χ1) is 10.1. The fourth-order valence-corrected chi connectivity index (χ4v) is 2.29. The highest BCUT2D eigenvalue weighted by atomic mass is 19.1. The SMILES string of the molecule is Cc1cc(-c2cc(F)ccc2F)nc(N2CCOCC2)n1. The summed E-state index contributed by atoms with van der Waals surface area (Å²) in [6, 6.07) is 5.01. The van der Waals surface area contributed by atoms with Gasteiger partial charge >= 0.3 is 0 Å². The number of halogens is 2. The molecule has 0 atom stereocenters. The van der Waals surface area contributed by atoms with Crippen LogP contribution < -0.4 is 4.90 Å². The molecule has 0 aliphatic carbocycles. The monoisotopic (exact) mass is 291 g/mol. The van der Waals surface area contributed by atoms with Crippen LogP contribution in [-0.4, -0.2) is 36.3 Å². The largest absolute Gasteiger partial charge is 0.378 e. The molecule has 21 heavy (non-hydrogen) atoms. The highest BCUT2D eigenvalue weighted by Gasteiger charge is 2.17. The molecule has 2 heterocycles. The first kappa shape index (κ1) is 13.9. The lowest BCUT2D eigenvalue weighted by Crippen LogP contribution is -2.37. The molecule has 0 unspecified atom stereocenters.